The van der Waals surface area contributed by atoms with Gasteiger partial charge >= 0.3 is 0 Å². The molecule has 0 bridgehead atoms. The van der Waals surface area contributed by atoms with Gasteiger partial charge in [0.2, 0.25) is 11.7 Å². The monoisotopic (exact) mass is 289 g/mol. The molecule has 21 heavy (non-hydrogen) atoms. The van der Waals surface area contributed by atoms with E-state index in [4.69, 9.17) is 19.7 Å². The Kier molecular flexibility index (Phi) is 3.79. The third-order valence-corrected chi connectivity index (χ3v) is 3.80. The van der Waals surface area contributed by atoms with Gasteiger partial charge in [-0.05, 0) is 18.1 Å². The summed E-state index contributed by atoms with van der Waals surface area (Å²) in [5.74, 6) is 2.61. The second-order valence-electron chi connectivity index (χ2n) is 5.27. The highest BCUT2D eigenvalue weighted by atomic mass is 16.6. The van der Waals surface area contributed by atoms with Crippen LogP contribution in [0.2, 0.25) is 0 Å². The first-order valence-electron chi connectivity index (χ1n) is 7.16. The van der Waals surface area contributed by atoms with Gasteiger partial charge in [-0.15, -0.1) is 0 Å². The number of hydrogen-bond donors (Lipinski definition) is 1. The number of nitrogens with two attached hydrogens (primary N) is 1. The molecule has 0 radical (unpaired) electrons. The predicted molar refractivity (Wildman–Crippen MR) is 76.0 cm³/mol. The van der Waals surface area contributed by atoms with Gasteiger partial charge in [0.25, 0.3) is 0 Å². The molecule has 3 atom stereocenters. The van der Waals surface area contributed by atoms with Crippen LogP contribution in [0.15, 0.2) is 28.8 Å². The minimum atomic E-state index is -0.374. The Morgan fingerprint density at radius 3 is 2.86 bits per heavy atom. The van der Waals surface area contributed by atoms with Gasteiger partial charge in [-0.2, -0.15) is 4.98 Å². The summed E-state index contributed by atoms with van der Waals surface area (Å²) in [4.78, 5) is 4.37. The highest BCUT2D eigenvalue weighted by Crippen LogP contribution is 2.35. The number of benzene rings is 1. The number of nitrogens with zero attached hydrogens (tertiary/aromatic N) is 2. The number of hydrogen-bond acceptors (Lipinski definition) is 6. The number of rotatable bonds is 4. The van der Waals surface area contributed by atoms with Gasteiger partial charge in [-0.1, -0.05) is 37.6 Å². The number of ether oxygens (including phenoxy) is 2. The third-order valence-electron chi connectivity index (χ3n) is 3.80. The molecular formula is C15H19N3O3. The van der Waals surface area contributed by atoms with Gasteiger partial charge in [-0.3, -0.25) is 0 Å². The molecule has 2 heterocycles. The average molecular weight is 289 g/mol. The Morgan fingerprint density at radius 2 is 2.10 bits per heavy atom. The van der Waals surface area contributed by atoms with Crippen LogP contribution in [-0.2, 0) is 0 Å². The molecule has 6 nitrogen and oxygen atoms in total. The molecule has 1 unspecified atom stereocenters. The average Bonchev–Trinajstić information content (AvgIpc) is 3.02. The Hall–Kier alpha value is -2.08. The van der Waals surface area contributed by atoms with Crippen LogP contribution in [-0.4, -0.2) is 16.7 Å². The molecule has 1 aliphatic rings. The minimum absolute atomic E-state index is 0.256. The molecule has 0 amide bonds. The molecule has 0 saturated heterocycles. The van der Waals surface area contributed by atoms with Crippen molar-refractivity contribution in [3.63, 3.8) is 0 Å². The largest absolute Gasteiger partial charge is 0.485 e. The van der Waals surface area contributed by atoms with E-state index >= 15 is 0 Å². The summed E-state index contributed by atoms with van der Waals surface area (Å²) < 4.78 is 16.8. The predicted octanol–water partition coefficient (Wildman–Crippen LogP) is 2.63. The summed E-state index contributed by atoms with van der Waals surface area (Å²) in [6.07, 6.45) is 0.580. The molecular weight excluding hydrogens is 270 g/mol. The van der Waals surface area contributed by atoms with Crippen LogP contribution >= 0.6 is 0 Å². The summed E-state index contributed by atoms with van der Waals surface area (Å²) in [5, 5.41) is 3.98. The lowest BCUT2D eigenvalue weighted by atomic mass is 10.0. The second-order valence-corrected chi connectivity index (χ2v) is 5.27. The summed E-state index contributed by atoms with van der Waals surface area (Å²) >= 11 is 0. The normalized spacial score (nSPS) is 20.0. The SMILES string of the molecule is CC[C@H](C)[C@H](N)c1nc(C2COc3ccccc3O2)no1. The first kappa shape index (κ1) is 13.9. The maximum atomic E-state index is 6.10. The Labute approximate surface area is 123 Å². The fraction of sp³-hybridized carbons (Fsp3) is 0.467. The Bertz CT molecular complexity index is 614. The maximum absolute atomic E-state index is 6.10. The second kappa shape index (κ2) is 5.73. The van der Waals surface area contributed by atoms with E-state index in [2.05, 4.69) is 24.0 Å². The van der Waals surface area contributed by atoms with Crippen molar-refractivity contribution < 1.29 is 14.0 Å². The molecule has 2 aromatic rings. The van der Waals surface area contributed by atoms with Crippen LogP contribution in [0.1, 0.15) is 44.1 Å². The van der Waals surface area contributed by atoms with E-state index in [9.17, 15) is 0 Å². The molecule has 0 fully saturated rings. The molecule has 1 aromatic carbocycles. The van der Waals surface area contributed by atoms with Crippen molar-refractivity contribution in [1.82, 2.24) is 10.1 Å². The molecule has 1 aromatic heterocycles. The van der Waals surface area contributed by atoms with Gasteiger partial charge in [0, 0.05) is 0 Å². The van der Waals surface area contributed by atoms with E-state index in [-0.39, 0.29) is 18.1 Å². The van der Waals surface area contributed by atoms with E-state index in [1.807, 2.05) is 24.3 Å². The van der Waals surface area contributed by atoms with Crippen LogP contribution in [0.4, 0.5) is 0 Å². The molecule has 0 saturated carbocycles. The van der Waals surface area contributed by atoms with Gasteiger partial charge in [0.05, 0.1) is 6.04 Å². The molecule has 1 aliphatic heterocycles. The minimum Gasteiger partial charge on any atom is -0.485 e. The maximum Gasteiger partial charge on any atom is 0.243 e. The summed E-state index contributed by atoms with van der Waals surface area (Å²) in [6, 6.07) is 7.26. The van der Waals surface area contributed by atoms with Crippen molar-refractivity contribution >= 4 is 0 Å². The van der Waals surface area contributed by atoms with Crippen LogP contribution in [0, 0.1) is 5.92 Å². The van der Waals surface area contributed by atoms with Crippen molar-refractivity contribution in [2.24, 2.45) is 11.7 Å². The Morgan fingerprint density at radius 1 is 1.33 bits per heavy atom. The van der Waals surface area contributed by atoms with Crippen LogP contribution in [0.3, 0.4) is 0 Å². The lowest BCUT2D eigenvalue weighted by Gasteiger charge is -2.24. The third kappa shape index (κ3) is 2.71. The van der Waals surface area contributed by atoms with E-state index in [0.717, 1.165) is 12.2 Å². The quantitative estimate of drug-likeness (QED) is 0.931. The Balaban J connectivity index is 1.76. The van der Waals surface area contributed by atoms with Crippen LogP contribution < -0.4 is 15.2 Å². The van der Waals surface area contributed by atoms with E-state index in [0.29, 0.717) is 24.1 Å². The lowest BCUT2D eigenvalue weighted by molar-refractivity contribution is 0.0832. The lowest BCUT2D eigenvalue weighted by Crippen LogP contribution is -2.23. The first-order valence-corrected chi connectivity index (χ1v) is 7.16. The summed E-state index contributed by atoms with van der Waals surface area (Å²) in [5.41, 5.74) is 6.10. The molecule has 2 N–H and O–H groups in total. The van der Waals surface area contributed by atoms with Crippen molar-refractivity contribution in [3.05, 3.63) is 36.0 Å². The van der Waals surface area contributed by atoms with Crippen molar-refractivity contribution in [2.45, 2.75) is 32.4 Å². The van der Waals surface area contributed by atoms with Crippen molar-refractivity contribution in [1.29, 1.82) is 0 Å². The number of aromatic nitrogens is 2. The smallest absolute Gasteiger partial charge is 0.243 e. The summed E-state index contributed by atoms with van der Waals surface area (Å²) in [6.45, 7) is 4.50. The molecule has 6 heteroatoms. The zero-order valence-corrected chi connectivity index (χ0v) is 12.2. The van der Waals surface area contributed by atoms with Gasteiger partial charge < -0.3 is 19.7 Å². The van der Waals surface area contributed by atoms with Gasteiger partial charge in [0.15, 0.2) is 17.6 Å². The van der Waals surface area contributed by atoms with E-state index in [1.54, 1.807) is 0 Å². The standard InChI is InChI=1S/C15H19N3O3/c1-3-9(2)13(16)15-17-14(18-21-15)12-8-19-10-6-4-5-7-11(10)20-12/h4-7,9,12-13H,3,8,16H2,1-2H3/t9-,12?,13-/m0/s1. The van der Waals surface area contributed by atoms with Crippen LogP contribution in [0.25, 0.3) is 0 Å². The zero-order chi connectivity index (χ0) is 14.8. The highest BCUT2D eigenvalue weighted by molar-refractivity contribution is 5.40. The molecule has 0 aliphatic carbocycles. The van der Waals surface area contributed by atoms with E-state index in [1.165, 1.54) is 0 Å². The van der Waals surface area contributed by atoms with E-state index < -0.39 is 0 Å². The summed E-state index contributed by atoms with van der Waals surface area (Å²) in [7, 11) is 0. The fourth-order valence-corrected chi connectivity index (χ4v) is 2.16. The van der Waals surface area contributed by atoms with Gasteiger partial charge in [-0.25, -0.2) is 0 Å². The molecule has 0 spiro atoms. The van der Waals surface area contributed by atoms with Gasteiger partial charge in [0.1, 0.15) is 6.61 Å². The first-order chi connectivity index (χ1) is 10.2. The fourth-order valence-electron chi connectivity index (χ4n) is 2.16. The molecule has 3 rings (SSSR count). The topological polar surface area (TPSA) is 83.4 Å². The van der Waals surface area contributed by atoms with Crippen molar-refractivity contribution in [2.75, 3.05) is 6.61 Å². The van der Waals surface area contributed by atoms with Crippen molar-refractivity contribution in [3.8, 4) is 11.5 Å². The molecule has 112 valence electrons. The number of para-hydroxylation sites is 2. The van der Waals surface area contributed by atoms with Crippen LogP contribution in [0.5, 0.6) is 11.5 Å². The number of fused-ring (bicyclic) bond motifs is 1. The zero-order valence-electron chi connectivity index (χ0n) is 12.2. The highest BCUT2D eigenvalue weighted by Gasteiger charge is 2.28.